The van der Waals surface area contributed by atoms with Gasteiger partial charge < -0.3 is 29.1 Å². The Morgan fingerprint density at radius 2 is 1.96 bits per heavy atom. The third-order valence-corrected chi connectivity index (χ3v) is 6.70. The van der Waals surface area contributed by atoms with Crippen molar-refractivity contribution in [1.82, 2.24) is 9.55 Å². The van der Waals surface area contributed by atoms with E-state index >= 15 is 0 Å². The Bertz CT molecular complexity index is 955. The van der Waals surface area contributed by atoms with Gasteiger partial charge in [-0.1, -0.05) is 0 Å². The van der Waals surface area contributed by atoms with Gasteiger partial charge in [0.2, 0.25) is 5.75 Å². The van der Waals surface area contributed by atoms with Crippen LogP contribution in [0.2, 0.25) is 0 Å². The van der Waals surface area contributed by atoms with Crippen molar-refractivity contribution < 1.29 is 46.6 Å². The molecular formula is C11H17N2O12PS. The van der Waals surface area contributed by atoms with Crippen LogP contribution in [0.3, 0.4) is 0 Å². The van der Waals surface area contributed by atoms with Gasteiger partial charge in [0.05, 0.1) is 19.9 Å². The number of ether oxygens (including phenoxy) is 2. The molecule has 1 unspecified atom stereocenters. The summed E-state index contributed by atoms with van der Waals surface area (Å²) in [5.74, 6) is -0.285. The van der Waals surface area contributed by atoms with E-state index in [1.165, 1.54) is 0 Å². The maximum Gasteiger partial charge on any atom is 0.345 e. The van der Waals surface area contributed by atoms with Gasteiger partial charge >= 0.3 is 13.3 Å². The number of nitrogens with zero attached hydrogens (tertiary/aromatic N) is 1. The van der Waals surface area contributed by atoms with Gasteiger partial charge in [-0.3, -0.25) is 23.5 Å². The molecule has 1 aliphatic rings. The van der Waals surface area contributed by atoms with Crippen LogP contribution in [0, 0.1) is 0 Å². The normalized spacial score (nSPS) is 28.0. The monoisotopic (exact) mass is 432 g/mol. The molecule has 1 aromatic rings. The molecule has 0 saturated carbocycles. The lowest BCUT2D eigenvalue weighted by Crippen LogP contribution is -2.38. The molecule has 1 saturated heterocycles. The largest absolute Gasteiger partial charge is 0.490 e. The van der Waals surface area contributed by atoms with Crippen molar-refractivity contribution in [3.8, 4) is 5.75 Å². The van der Waals surface area contributed by atoms with Crippen LogP contribution in [0.1, 0.15) is 6.23 Å². The van der Waals surface area contributed by atoms with E-state index in [0.29, 0.717) is 0 Å². The Morgan fingerprint density at radius 1 is 1.33 bits per heavy atom. The molecule has 5 atom stereocenters. The number of H-pyrrole nitrogens is 1. The van der Waals surface area contributed by atoms with Crippen molar-refractivity contribution in [2.45, 2.75) is 24.5 Å². The van der Waals surface area contributed by atoms with Gasteiger partial charge in [0, 0.05) is 0 Å². The van der Waals surface area contributed by atoms with E-state index in [1.807, 2.05) is 4.98 Å². The van der Waals surface area contributed by atoms with E-state index in [1.54, 1.807) is 0 Å². The average molecular weight is 432 g/mol. The lowest BCUT2D eigenvalue weighted by molar-refractivity contribution is -0.0526. The number of hydrogen-bond donors (Lipinski definition) is 5. The summed E-state index contributed by atoms with van der Waals surface area (Å²) in [6.07, 6.45) is -5.40. The minimum atomic E-state index is -4.81. The van der Waals surface area contributed by atoms with Crippen LogP contribution < -0.4 is 16.0 Å². The molecule has 2 heterocycles. The molecule has 0 spiro atoms. The summed E-state index contributed by atoms with van der Waals surface area (Å²) < 4.78 is 56.7. The number of aliphatic hydroxyl groups is 2. The maximum atomic E-state index is 11.9. The zero-order valence-corrected chi connectivity index (χ0v) is 15.4. The molecule has 1 fully saturated rings. The Hall–Kier alpha value is -1.58. The quantitative estimate of drug-likeness (QED) is 0.218. The predicted octanol–water partition coefficient (Wildman–Crippen LogP) is -2.79. The van der Waals surface area contributed by atoms with Crippen molar-refractivity contribution in [2.75, 3.05) is 19.2 Å². The van der Waals surface area contributed by atoms with Crippen LogP contribution in [0.15, 0.2) is 15.8 Å². The highest BCUT2D eigenvalue weighted by atomic mass is 32.2. The van der Waals surface area contributed by atoms with Gasteiger partial charge in [0.1, 0.15) is 18.3 Å². The molecule has 27 heavy (non-hydrogen) atoms. The number of methoxy groups -OCH3 is 1. The lowest BCUT2D eigenvalue weighted by Gasteiger charge is -2.18. The van der Waals surface area contributed by atoms with Crippen LogP contribution in [0.4, 0.5) is 0 Å². The van der Waals surface area contributed by atoms with E-state index in [9.17, 15) is 37.7 Å². The summed E-state index contributed by atoms with van der Waals surface area (Å²) in [5, 5.41) is 20.0. The zero-order valence-electron chi connectivity index (χ0n) is 13.7. The van der Waals surface area contributed by atoms with Crippen LogP contribution >= 0.6 is 7.60 Å². The molecule has 0 bridgehead atoms. The number of nitrogens with one attached hydrogen (secondary N) is 1. The topological polar surface area (TPSA) is 215 Å². The highest BCUT2D eigenvalue weighted by Crippen LogP contribution is 2.44. The summed E-state index contributed by atoms with van der Waals surface area (Å²) >= 11 is 0. The predicted molar refractivity (Wildman–Crippen MR) is 86.0 cm³/mol. The molecule has 1 aliphatic heterocycles. The molecule has 0 aliphatic carbocycles. The Balaban J connectivity index is 2.18. The fourth-order valence-electron chi connectivity index (χ4n) is 2.33. The summed E-state index contributed by atoms with van der Waals surface area (Å²) in [6, 6.07) is 0. The second kappa shape index (κ2) is 7.81. The number of aromatic nitrogens is 2. The van der Waals surface area contributed by atoms with Crippen LogP contribution in [0.25, 0.3) is 0 Å². The van der Waals surface area contributed by atoms with Crippen molar-refractivity contribution in [2.24, 2.45) is 0 Å². The minimum absolute atomic E-state index is 0.285. The number of hydrogen-bond acceptors (Lipinski definition) is 10. The summed E-state index contributed by atoms with van der Waals surface area (Å²) in [6.45, 7) is -0.840. The SMILES string of the molecule is COc1cn([C@@H]2O[C@H](COP(=O)(O)CS(=O)(=O)O)[C@@H](O)[C@H]2O)c(=O)[nH]c1=O. The Kier molecular flexibility index (Phi) is 6.28. The second-order valence-corrected chi connectivity index (χ2v) is 9.28. The summed E-state index contributed by atoms with van der Waals surface area (Å²) in [4.78, 5) is 34.7. The van der Waals surface area contributed by atoms with Gasteiger partial charge in [-0.05, 0) is 0 Å². The molecule has 14 nitrogen and oxygen atoms in total. The standard InChI is InChI=1S/C11H17N2O12PS/c1-23-5-2-13(11(17)12-9(5)16)10-8(15)7(14)6(25-10)3-24-26(18,19)4-27(20,21)22/h2,6-8,10,14-15H,3-4H2,1H3,(H,18,19)(H,12,16,17)(H,20,21,22)/t6-,7-,8-,10-/m1/s1. The van der Waals surface area contributed by atoms with Crippen molar-refractivity contribution in [3.05, 3.63) is 27.0 Å². The Morgan fingerprint density at radius 3 is 2.52 bits per heavy atom. The van der Waals surface area contributed by atoms with Crippen molar-refractivity contribution >= 4 is 17.7 Å². The van der Waals surface area contributed by atoms with E-state index in [0.717, 1.165) is 17.9 Å². The van der Waals surface area contributed by atoms with Crippen LogP contribution in [-0.4, -0.2) is 75.2 Å². The first kappa shape index (κ1) is 21.7. The first-order valence-corrected chi connectivity index (χ1v) is 10.5. The van der Waals surface area contributed by atoms with Gasteiger partial charge in [0.15, 0.2) is 11.7 Å². The van der Waals surface area contributed by atoms with E-state index in [-0.39, 0.29) is 5.75 Å². The molecule has 0 radical (unpaired) electrons. The molecule has 0 amide bonds. The smallest absolute Gasteiger partial charge is 0.345 e. The van der Waals surface area contributed by atoms with Gasteiger partial charge in [-0.15, -0.1) is 0 Å². The molecule has 2 rings (SSSR count). The number of aromatic amines is 1. The summed E-state index contributed by atoms with van der Waals surface area (Å²) in [5.41, 5.74) is -3.40. The van der Waals surface area contributed by atoms with E-state index in [4.69, 9.17) is 14.0 Å². The van der Waals surface area contributed by atoms with Gasteiger partial charge in [-0.2, -0.15) is 8.42 Å². The van der Waals surface area contributed by atoms with Crippen LogP contribution in [-0.2, 0) is 23.9 Å². The Labute approximate surface area is 151 Å². The zero-order chi connectivity index (χ0) is 20.6. The van der Waals surface area contributed by atoms with Crippen LogP contribution in [0.5, 0.6) is 5.75 Å². The lowest BCUT2D eigenvalue weighted by atomic mass is 10.1. The highest BCUT2D eigenvalue weighted by molar-refractivity contribution is 7.92. The fraction of sp³-hybridized carbons (Fsp3) is 0.636. The number of aliphatic hydroxyl groups excluding tert-OH is 2. The number of rotatable bonds is 7. The van der Waals surface area contributed by atoms with Crippen molar-refractivity contribution in [1.29, 1.82) is 0 Å². The second-order valence-electron chi connectivity index (χ2n) is 5.55. The van der Waals surface area contributed by atoms with Gasteiger partial charge in [-0.25, -0.2) is 4.79 Å². The van der Waals surface area contributed by atoms with Gasteiger partial charge in [0.25, 0.3) is 15.7 Å². The fourth-order valence-corrected chi connectivity index (χ4v) is 4.66. The first-order valence-electron chi connectivity index (χ1n) is 7.17. The molecule has 5 N–H and O–H groups in total. The van der Waals surface area contributed by atoms with Crippen molar-refractivity contribution in [3.63, 3.8) is 0 Å². The average Bonchev–Trinajstić information content (AvgIpc) is 2.79. The third-order valence-electron chi connectivity index (χ3n) is 3.53. The minimum Gasteiger partial charge on any atom is -0.490 e. The molecular weight excluding hydrogens is 415 g/mol. The highest BCUT2D eigenvalue weighted by Gasteiger charge is 2.45. The third kappa shape index (κ3) is 5.24. The summed E-state index contributed by atoms with van der Waals surface area (Å²) in [7, 11) is -8.43. The molecule has 0 aromatic carbocycles. The molecule has 154 valence electrons. The van der Waals surface area contributed by atoms with E-state index < -0.39 is 65.6 Å². The molecule has 1 aromatic heterocycles. The molecule has 16 heteroatoms. The maximum absolute atomic E-state index is 11.9. The van der Waals surface area contributed by atoms with E-state index in [2.05, 4.69) is 4.52 Å². The first-order chi connectivity index (χ1) is 12.3.